The molecule has 0 saturated heterocycles. The number of nitrogens with zero attached hydrogens (tertiary/aromatic N) is 1. The van der Waals surface area contributed by atoms with Gasteiger partial charge in [0, 0.05) is 19.3 Å². The van der Waals surface area contributed by atoms with E-state index in [4.69, 9.17) is 4.74 Å². The van der Waals surface area contributed by atoms with Gasteiger partial charge in [-0.2, -0.15) is 0 Å². The average molecular weight is 356 g/mol. The standard InChI is InChI=1S/C19H24N4O3/c1-3-26-16-9-5-4-8-15(16)23-18(25)13-17(24)20-11-12-22-19-14(2)7-6-10-21-19/h4-10H,3,11-13H2,1-2H3,(H,20,24)(H,21,22)(H,23,25). The second kappa shape index (κ2) is 10.0. The van der Waals surface area contributed by atoms with Crippen LogP contribution < -0.4 is 20.7 Å². The van der Waals surface area contributed by atoms with Crippen molar-refractivity contribution in [3.63, 3.8) is 0 Å². The molecule has 2 rings (SSSR count). The summed E-state index contributed by atoms with van der Waals surface area (Å²) in [6.07, 6.45) is 1.46. The van der Waals surface area contributed by atoms with E-state index in [1.807, 2.05) is 32.0 Å². The highest BCUT2D eigenvalue weighted by Crippen LogP contribution is 2.23. The first kappa shape index (κ1) is 19.2. The first-order valence-corrected chi connectivity index (χ1v) is 8.54. The molecule has 0 spiro atoms. The molecule has 0 fully saturated rings. The van der Waals surface area contributed by atoms with Crippen LogP contribution in [0, 0.1) is 6.92 Å². The first-order chi connectivity index (χ1) is 12.6. The predicted octanol–water partition coefficient (Wildman–Crippen LogP) is 2.35. The predicted molar refractivity (Wildman–Crippen MR) is 101 cm³/mol. The highest BCUT2D eigenvalue weighted by molar-refractivity contribution is 6.04. The molecule has 26 heavy (non-hydrogen) atoms. The fourth-order valence-electron chi connectivity index (χ4n) is 2.31. The van der Waals surface area contributed by atoms with Crippen LogP contribution in [0.5, 0.6) is 5.75 Å². The van der Waals surface area contributed by atoms with Gasteiger partial charge < -0.3 is 20.7 Å². The molecule has 0 saturated carbocycles. The van der Waals surface area contributed by atoms with Crippen molar-refractivity contribution >= 4 is 23.3 Å². The number of hydrogen-bond donors (Lipinski definition) is 3. The monoisotopic (exact) mass is 356 g/mol. The number of carbonyl (C=O) groups excluding carboxylic acids is 2. The highest BCUT2D eigenvalue weighted by atomic mass is 16.5. The molecule has 0 aliphatic heterocycles. The van der Waals surface area contributed by atoms with E-state index in [1.165, 1.54) is 0 Å². The second-order valence-corrected chi connectivity index (χ2v) is 5.60. The molecule has 2 amide bonds. The van der Waals surface area contributed by atoms with Crippen molar-refractivity contribution in [2.45, 2.75) is 20.3 Å². The molecule has 0 aliphatic rings. The van der Waals surface area contributed by atoms with Crippen molar-refractivity contribution in [1.82, 2.24) is 10.3 Å². The van der Waals surface area contributed by atoms with Gasteiger partial charge in [0.15, 0.2) is 0 Å². The Kier molecular flexibility index (Phi) is 7.42. The molecular formula is C19H24N4O3. The molecule has 1 aromatic carbocycles. The van der Waals surface area contributed by atoms with Crippen LogP contribution in [-0.4, -0.2) is 36.5 Å². The number of ether oxygens (including phenoxy) is 1. The largest absolute Gasteiger partial charge is 0.492 e. The van der Waals surface area contributed by atoms with Crippen molar-refractivity contribution in [2.24, 2.45) is 0 Å². The summed E-state index contributed by atoms with van der Waals surface area (Å²) in [4.78, 5) is 28.1. The van der Waals surface area contributed by atoms with Crippen LogP contribution in [0.1, 0.15) is 18.9 Å². The Bertz CT molecular complexity index is 749. The number of benzene rings is 1. The minimum absolute atomic E-state index is 0.247. The van der Waals surface area contributed by atoms with E-state index in [0.29, 0.717) is 31.1 Å². The third kappa shape index (κ3) is 6.08. The summed E-state index contributed by atoms with van der Waals surface area (Å²) in [7, 11) is 0. The Morgan fingerprint density at radius 3 is 2.65 bits per heavy atom. The van der Waals surface area contributed by atoms with Crippen LogP contribution in [0.25, 0.3) is 0 Å². The summed E-state index contributed by atoms with van der Waals surface area (Å²) in [6.45, 7) is 5.25. The summed E-state index contributed by atoms with van der Waals surface area (Å²) in [6, 6.07) is 10.9. The summed E-state index contributed by atoms with van der Waals surface area (Å²) < 4.78 is 5.44. The molecule has 3 N–H and O–H groups in total. The van der Waals surface area contributed by atoms with E-state index in [2.05, 4.69) is 20.9 Å². The van der Waals surface area contributed by atoms with Crippen molar-refractivity contribution in [1.29, 1.82) is 0 Å². The van der Waals surface area contributed by atoms with Crippen LogP contribution in [0.4, 0.5) is 11.5 Å². The fourth-order valence-corrected chi connectivity index (χ4v) is 2.31. The maximum atomic E-state index is 12.0. The number of hydrogen-bond acceptors (Lipinski definition) is 5. The molecule has 0 unspecified atom stereocenters. The van der Waals surface area contributed by atoms with Gasteiger partial charge in [0.2, 0.25) is 11.8 Å². The first-order valence-electron chi connectivity index (χ1n) is 8.54. The normalized spacial score (nSPS) is 10.1. The van der Waals surface area contributed by atoms with Crippen molar-refractivity contribution < 1.29 is 14.3 Å². The van der Waals surface area contributed by atoms with E-state index in [-0.39, 0.29) is 18.2 Å². The van der Waals surface area contributed by atoms with Gasteiger partial charge in [0.05, 0.1) is 12.3 Å². The molecule has 0 aliphatic carbocycles. The van der Waals surface area contributed by atoms with Crippen LogP contribution in [0.3, 0.4) is 0 Å². The summed E-state index contributed by atoms with van der Waals surface area (Å²) in [5.74, 6) is 0.643. The maximum Gasteiger partial charge on any atom is 0.233 e. The van der Waals surface area contributed by atoms with Crippen LogP contribution in [0.15, 0.2) is 42.6 Å². The molecule has 1 aromatic heterocycles. The molecule has 0 atom stereocenters. The van der Waals surface area contributed by atoms with Crippen LogP contribution >= 0.6 is 0 Å². The van der Waals surface area contributed by atoms with Crippen LogP contribution in [0.2, 0.25) is 0 Å². The molecule has 2 aromatic rings. The number of amides is 2. The van der Waals surface area contributed by atoms with Crippen molar-refractivity contribution in [3.05, 3.63) is 48.2 Å². The summed E-state index contributed by atoms with van der Waals surface area (Å²) in [5.41, 5.74) is 1.59. The van der Waals surface area contributed by atoms with Crippen molar-refractivity contribution in [3.8, 4) is 5.75 Å². The highest BCUT2D eigenvalue weighted by Gasteiger charge is 2.11. The zero-order chi connectivity index (χ0) is 18.8. The quantitative estimate of drug-likeness (QED) is 0.474. The molecule has 0 bridgehead atoms. The summed E-state index contributed by atoms with van der Waals surface area (Å²) in [5, 5.41) is 8.55. The molecular weight excluding hydrogens is 332 g/mol. The Hall–Kier alpha value is -3.09. The van der Waals surface area contributed by atoms with Gasteiger partial charge in [-0.3, -0.25) is 9.59 Å². The number of carbonyl (C=O) groups is 2. The lowest BCUT2D eigenvalue weighted by molar-refractivity contribution is -0.126. The summed E-state index contributed by atoms with van der Waals surface area (Å²) >= 11 is 0. The van der Waals surface area contributed by atoms with Crippen molar-refractivity contribution in [2.75, 3.05) is 30.3 Å². The number of rotatable bonds is 9. The molecule has 138 valence electrons. The van der Waals surface area contributed by atoms with Gasteiger partial charge in [-0.05, 0) is 37.6 Å². The Balaban J connectivity index is 1.72. The number of pyridine rings is 1. The maximum absolute atomic E-state index is 12.0. The number of anilines is 2. The number of aromatic nitrogens is 1. The van der Waals surface area contributed by atoms with E-state index in [1.54, 1.807) is 24.4 Å². The van der Waals surface area contributed by atoms with Gasteiger partial charge >= 0.3 is 0 Å². The molecule has 7 heteroatoms. The minimum atomic E-state index is -0.386. The lowest BCUT2D eigenvalue weighted by atomic mass is 10.2. The van der Waals surface area contributed by atoms with Gasteiger partial charge in [0.25, 0.3) is 0 Å². The SMILES string of the molecule is CCOc1ccccc1NC(=O)CC(=O)NCCNc1ncccc1C. The fraction of sp³-hybridized carbons (Fsp3) is 0.316. The van der Waals surface area contributed by atoms with E-state index < -0.39 is 0 Å². The number of para-hydroxylation sites is 2. The van der Waals surface area contributed by atoms with Gasteiger partial charge in [-0.1, -0.05) is 18.2 Å². The number of nitrogens with one attached hydrogen (secondary N) is 3. The Morgan fingerprint density at radius 2 is 1.88 bits per heavy atom. The lowest BCUT2D eigenvalue weighted by Crippen LogP contribution is -2.32. The third-order valence-corrected chi connectivity index (χ3v) is 3.53. The zero-order valence-electron chi connectivity index (χ0n) is 15.0. The van der Waals surface area contributed by atoms with Crippen LogP contribution in [-0.2, 0) is 9.59 Å². The van der Waals surface area contributed by atoms with E-state index >= 15 is 0 Å². The molecule has 7 nitrogen and oxygen atoms in total. The Labute approximate surface area is 153 Å². The van der Waals surface area contributed by atoms with Gasteiger partial charge in [-0.25, -0.2) is 4.98 Å². The third-order valence-electron chi connectivity index (χ3n) is 3.53. The number of aryl methyl sites for hydroxylation is 1. The topological polar surface area (TPSA) is 92.3 Å². The minimum Gasteiger partial charge on any atom is -0.492 e. The molecule has 1 heterocycles. The van der Waals surface area contributed by atoms with E-state index in [9.17, 15) is 9.59 Å². The lowest BCUT2D eigenvalue weighted by Gasteiger charge is -2.11. The second-order valence-electron chi connectivity index (χ2n) is 5.60. The average Bonchev–Trinajstić information content (AvgIpc) is 2.62. The zero-order valence-corrected chi connectivity index (χ0v) is 15.0. The molecule has 0 radical (unpaired) electrons. The smallest absolute Gasteiger partial charge is 0.233 e. The Morgan fingerprint density at radius 1 is 1.08 bits per heavy atom. The van der Waals surface area contributed by atoms with Gasteiger partial charge in [-0.15, -0.1) is 0 Å². The van der Waals surface area contributed by atoms with E-state index in [0.717, 1.165) is 11.4 Å². The van der Waals surface area contributed by atoms with Gasteiger partial charge in [0.1, 0.15) is 18.0 Å².